The van der Waals surface area contributed by atoms with E-state index in [2.05, 4.69) is 0 Å². The van der Waals surface area contributed by atoms with E-state index in [0.717, 1.165) is 5.56 Å². The molecular weight excluding hydrogens is 384 g/mol. The van der Waals surface area contributed by atoms with Gasteiger partial charge in [-0.2, -0.15) is 0 Å². The van der Waals surface area contributed by atoms with Crippen LogP contribution in [0.25, 0.3) is 0 Å². The van der Waals surface area contributed by atoms with Gasteiger partial charge in [0.1, 0.15) is 0 Å². The first-order chi connectivity index (χ1) is 14.4. The lowest BCUT2D eigenvalue weighted by Crippen LogP contribution is -2.44. The van der Waals surface area contributed by atoms with Crippen molar-refractivity contribution in [2.75, 3.05) is 39.4 Å². The number of aryl methyl sites for hydroxylation is 1. The number of carboxylic acids is 1. The number of carbonyl (C=O) groups is 3. The number of ether oxygens (including phenoxy) is 1. The lowest BCUT2D eigenvalue weighted by atomic mass is 9.72. The highest BCUT2D eigenvalue weighted by Crippen LogP contribution is 2.45. The van der Waals surface area contributed by atoms with Crippen LogP contribution in [0.4, 0.5) is 0 Å². The summed E-state index contributed by atoms with van der Waals surface area (Å²) in [4.78, 5) is 41.4. The lowest BCUT2D eigenvalue weighted by Gasteiger charge is -2.36. The van der Waals surface area contributed by atoms with Crippen LogP contribution in [-0.4, -0.2) is 72.1 Å². The molecule has 3 saturated heterocycles. The fourth-order valence-corrected chi connectivity index (χ4v) is 5.23. The predicted molar refractivity (Wildman–Crippen MR) is 110 cm³/mol. The van der Waals surface area contributed by atoms with Crippen LogP contribution in [0.3, 0.4) is 0 Å². The van der Waals surface area contributed by atoms with Crippen molar-refractivity contribution in [2.24, 2.45) is 17.3 Å². The maximum atomic E-state index is 13.2. The quantitative estimate of drug-likeness (QED) is 0.819. The third-order valence-corrected chi connectivity index (χ3v) is 7.18. The predicted octanol–water partition coefficient (Wildman–Crippen LogP) is 2.19. The Hall–Kier alpha value is -2.41. The summed E-state index contributed by atoms with van der Waals surface area (Å²) in [5, 5.41) is 9.74. The Kier molecular flexibility index (Phi) is 5.82. The van der Waals surface area contributed by atoms with Gasteiger partial charge in [-0.3, -0.25) is 14.4 Å². The summed E-state index contributed by atoms with van der Waals surface area (Å²) in [6.45, 7) is 5.02. The molecule has 2 amide bonds. The van der Waals surface area contributed by atoms with Gasteiger partial charge < -0.3 is 19.6 Å². The van der Waals surface area contributed by atoms with Gasteiger partial charge in [-0.05, 0) is 44.7 Å². The van der Waals surface area contributed by atoms with E-state index in [1.807, 2.05) is 36.1 Å². The summed E-state index contributed by atoms with van der Waals surface area (Å²) >= 11 is 0. The second-order valence-corrected chi connectivity index (χ2v) is 9.02. The van der Waals surface area contributed by atoms with Crippen LogP contribution in [0.15, 0.2) is 24.3 Å². The van der Waals surface area contributed by atoms with Crippen LogP contribution >= 0.6 is 0 Å². The van der Waals surface area contributed by atoms with Crippen molar-refractivity contribution >= 4 is 17.8 Å². The minimum atomic E-state index is -0.814. The first kappa shape index (κ1) is 20.8. The lowest BCUT2D eigenvalue weighted by molar-refractivity contribution is -0.146. The average Bonchev–Trinajstić information content (AvgIpc) is 3.12. The number of benzene rings is 1. The second-order valence-electron chi connectivity index (χ2n) is 9.02. The van der Waals surface area contributed by atoms with Gasteiger partial charge in [0.15, 0.2) is 0 Å². The largest absolute Gasteiger partial charge is 0.481 e. The first-order valence-corrected chi connectivity index (χ1v) is 10.8. The van der Waals surface area contributed by atoms with Crippen LogP contribution < -0.4 is 0 Å². The van der Waals surface area contributed by atoms with Gasteiger partial charge in [-0.1, -0.05) is 17.7 Å². The van der Waals surface area contributed by atoms with E-state index in [0.29, 0.717) is 64.1 Å². The molecule has 1 N–H and O–H groups in total. The molecule has 1 unspecified atom stereocenters. The van der Waals surface area contributed by atoms with Crippen LogP contribution in [0.5, 0.6) is 0 Å². The molecule has 1 atom stereocenters. The molecule has 0 aromatic heterocycles. The zero-order valence-corrected chi connectivity index (χ0v) is 17.5. The summed E-state index contributed by atoms with van der Waals surface area (Å²) in [6, 6.07) is 7.56. The molecule has 4 rings (SSSR count). The fourth-order valence-electron chi connectivity index (χ4n) is 5.23. The van der Waals surface area contributed by atoms with E-state index in [-0.39, 0.29) is 29.7 Å². The van der Waals surface area contributed by atoms with Gasteiger partial charge in [-0.15, -0.1) is 0 Å². The number of carbonyl (C=O) groups excluding carboxylic acids is 2. The Morgan fingerprint density at radius 2 is 1.67 bits per heavy atom. The molecule has 7 heteroatoms. The Labute approximate surface area is 177 Å². The van der Waals surface area contributed by atoms with Crippen LogP contribution in [0, 0.1) is 24.2 Å². The molecule has 1 spiro atoms. The second kappa shape index (κ2) is 8.38. The summed E-state index contributed by atoms with van der Waals surface area (Å²) in [7, 11) is 0. The minimum absolute atomic E-state index is 0.00849. The van der Waals surface area contributed by atoms with Gasteiger partial charge >= 0.3 is 5.97 Å². The van der Waals surface area contributed by atoms with Crippen molar-refractivity contribution in [3.8, 4) is 0 Å². The first-order valence-electron chi connectivity index (χ1n) is 10.8. The van der Waals surface area contributed by atoms with Crippen LogP contribution in [0.1, 0.15) is 41.6 Å². The van der Waals surface area contributed by atoms with E-state index in [1.54, 1.807) is 4.90 Å². The molecule has 0 bridgehead atoms. The maximum Gasteiger partial charge on any atom is 0.308 e. The van der Waals surface area contributed by atoms with Gasteiger partial charge in [0, 0.05) is 56.3 Å². The molecule has 3 fully saturated rings. The third-order valence-electron chi connectivity index (χ3n) is 7.18. The van der Waals surface area contributed by atoms with E-state index in [9.17, 15) is 19.5 Å². The Morgan fingerprint density at radius 1 is 1.03 bits per heavy atom. The van der Waals surface area contributed by atoms with Crippen molar-refractivity contribution in [2.45, 2.75) is 32.6 Å². The number of rotatable bonds is 3. The van der Waals surface area contributed by atoms with Crippen LogP contribution in [-0.2, 0) is 14.3 Å². The molecule has 3 aliphatic heterocycles. The number of amides is 2. The standard InChI is InChI=1S/C23H30N2O5/c1-16-2-4-17(5-3-16)20(26)24-10-6-18(7-11-24)21(27)25-14-19(22(28)29)23(15-25)8-12-30-13-9-23/h2-5,18-19H,6-15H2,1H3,(H,28,29). The maximum absolute atomic E-state index is 13.2. The van der Waals surface area contributed by atoms with Gasteiger partial charge in [0.05, 0.1) is 5.92 Å². The summed E-state index contributed by atoms with van der Waals surface area (Å²) in [6.07, 6.45) is 2.63. The smallest absolute Gasteiger partial charge is 0.308 e. The molecule has 1 aromatic rings. The SMILES string of the molecule is Cc1ccc(C(=O)N2CCC(C(=O)N3CC(C(=O)O)C4(CCOCC4)C3)CC2)cc1. The van der Waals surface area contributed by atoms with Gasteiger partial charge in [-0.25, -0.2) is 0 Å². The number of piperidine rings is 1. The molecule has 3 heterocycles. The highest BCUT2D eigenvalue weighted by Gasteiger charge is 2.52. The molecule has 30 heavy (non-hydrogen) atoms. The summed E-state index contributed by atoms with van der Waals surface area (Å²) < 4.78 is 5.44. The summed E-state index contributed by atoms with van der Waals surface area (Å²) in [5.74, 6) is -1.42. The molecule has 3 aliphatic rings. The third kappa shape index (κ3) is 3.95. The average molecular weight is 415 g/mol. The normalized spacial score (nSPS) is 24.2. The van der Waals surface area contributed by atoms with E-state index in [4.69, 9.17) is 4.74 Å². The Balaban J connectivity index is 1.37. The van der Waals surface area contributed by atoms with Crippen molar-refractivity contribution in [1.29, 1.82) is 0 Å². The zero-order valence-electron chi connectivity index (χ0n) is 17.5. The zero-order chi connectivity index (χ0) is 21.3. The molecule has 0 aliphatic carbocycles. The molecule has 0 radical (unpaired) electrons. The van der Waals surface area contributed by atoms with E-state index in [1.165, 1.54) is 0 Å². The fraction of sp³-hybridized carbons (Fsp3) is 0.609. The number of hydrogen-bond donors (Lipinski definition) is 1. The number of aliphatic carboxylic acids is 1. The molecule has 7 nitrogen and oxygen atoms in total. The Morgan fingerprint density at radius 3 is 2.27 bits per heavy atom. The number of likely N-dealkylation sites (tertiary alicyclic amines) is 2. The highest BCUT2D eigenvalue weighted by atomic mass is 16.5. The van der Waals surface area contributed by atoms with Gasteiger partial charge in [0.2, 0.25) is 5.91 Å². The van der Waals surface area contributed by atoms with Gasteiger partial charge in [0.25, 0.3) is 5.91 Å². The van der Waals surface area contributed by atoms with Crippen molar-refractivity contribution in [1.82, 2.24) is 9.80 Å². The van der Waals surface area contributed by atoms with Crippen molar-refractivity contribution in [3.63, 3.8) is 0 Å². The topological polar surface area (TPSA) is 87.2 Å². The molecular formula is C23H30N2O5. The van der Waals surface area contributed by atoms with Crippen LogP contribution in [0.2, 0.25) is 0 Å². The number of carboxylic acid groups (broad SMARTS) is 1. The van der Waals surface area contributed by atoms with Crippen molar-refractivity contribution in [3.05, 3.63) is 35.4 Å². The van der Waals surface area contributed by atoms with E-state index < -0.39 is 11.9 Å². The van der Waals surface area contributed by atoms with E-state index >= 15 is 0 Å². The molecule has 1 aromatic carbocycles. The number of nitrogens with zero attached hydrogens (tertiary/aromatic N) is 2. The molecule has 162 valence electrons. The monoisotopic (exact) mass is 414 g/mol. The molecule has 0 saturated carbocycles. The van der Waals surface area contributed by atoms with Crippen molar-refractivity contribution < 1.29 is 24.2 Å². The minimum Gasteiger partial charge on any atom is -0.481 e. The highest BCUT2D eigenvalue weighted by molar-refractivity contribution is 5.94. The Bertz CT molecular complexity index is 807. The number of hydrogen-bond acceptors (Lipinski definition) is 4. The summed E-state index contributed by atoms with van der Waals surface area (Å²) in [5.41, 5.74) is 1.43.